The summed E-state index contributed by atoms with van der Waals surface area (Å²) < 4.78 is 0. The van der Waals surface area contributed by atoms with Crippen molar-refractivity contribution in [3.8, 4) is 5.63 Å². The van der Waals surface area contributed by atoms with E-state index >= 15 is 0 Å². The summed E-state index contributed by atoms with van der Waals surface area (Å²) in [5.74, 6) is 0. The van der Waals surface area contributed by atoms with E-state index in [-0.39, 0.29) is 0 Å². The van der Waals surface area contributed by atoms with Gasteiger partial charge in [-0.1, -0.05) is 0 Å². The normalized spacial score (nSPS) is 9.20. The summed E-state index contributed by atoms with van der Waals surface area (Å²) in [7, 11) is 3.91. The van der Waals surface area contributed by atoms with Gasteiger partial charge in [-0.05, 0) is 0 Å². The summed E-state index contributed by atoms with van der Waals surface area (Å²) in [6.45, 7) is 2.25. The Bertz CT molecular complexity index is 91.4. The molecule has 58 valence electrons. The van der Waals surface area contributed by atoms with Gasteiger partial charge in [-0.25, -0.2) is 0 Å². The van der Waals surface area contributed by atoms with Crippen molar-refractivity contribution in [1.82, 2.24) is 0 Å². The Hall–Kier alpha value is 0.210. The molecule has 0 atom stereocenters. The van der Waals surface area contributed by atoms with Crippen molar-refractivity contribution < 1.29 is 0 Å². The van der Waals surface area contributed by atoms with E-state index in [1.807, 2.05) is 0 Å². The van der Waals surface area contributed by atoms with E-state index in [2.05, 4.69) is 21.2 Å². The predicted octanol–water partition coefficient (Wildman–Crippen LogP) is 4.11. The molecule has 0 nitrogen and oxygen atoms in total. The maximum absolute atomic E-state index is 3.91. The summed E-state index contributed by atoms with van der Waals surface area (Å²) in [5.41, 5.74) is 2.85. The van der Waals surface area contributed by atoms with Gasteiger partial charge in [0.1, 0.15) is 0 Å². The first-order valence-corrected chi connectivity index (χ1v) is 4.73. The molecule has 0 radical (unpaired) electrons. The molecule has 0 bridgehead atoms. The zero-order chi connectivity index (χ0) is 7.66. The van der Waals surface area contributed by atoms with E-state index in [9.17, 15) is 0 Å². The second-order valence-electron chi connectivity index (χ2n) is 2.68. The molecule has 0 aliphatic rings. The Labute approximate surface area is 66.9 Å². The van der Waals surface area contributed by atoms with Crippen LogP contribution >= 0.6 is 8.70 Å². The van der Waals surface area contributed by atoms with Crippen LogP contribution in [0.25, 0.3) is 0 Å². The standard InChI is InChI=1S/C9H17P/c1-2-3-4-5-6-7-8-9-10/h2-8H2,1H3. The molecule has 0 N–H and O–H groups in total. The SMILES string of the molecule is CCCCCCCCC#P. The second kappa shape index (κ2) is 9.21. The molecule has 0 aromatic rings. The predicted molar refractivity (Wildman–Crippen MR) is 48.8 cm³/mol. The van der Waals surface area contributed by atoms with Crippen LogP contribution in [0.5, 0.6) is 0 Å². The molecule has 10 heavy (non-hydrogen) atoms. The molecule has 1 heteroatoms. The van der Waals surface area contributed by atoms with Crippen LogP contribution in [0.4, 0.5) is 0 Å². The zero-order valence-corrected chi connectivity index (χ0v) is 7.79. The first-order valence-electron chi connectivity index (χ1n) is 4.28. The zero-order valence-electron chi connectivity index (χ0n) is 6.90. The molecule has 0 unspecified atom stereocenters. The maximum atomic E-state index is 3.91. The molecule has 0 saturated carbocycles. The van der Waals surface area contributed by atoms with Gasteiger partial charge in [0.25, 0.3) is 0 Å². The summed E-state index contributed by atoms with van der Waals surface area (Å²) in [5, 5.41) is 0. The van der Waals surface area contributed by atoms with E-state index < -0.39 is 0 Å². The molecular formula is C9H17P. The Kier molecular flexibility index (Phi) is 9.40. The van der Waals surface area contributed by atoms with Crippen LogP contribution < -0.4 is 0 Å². The molecule has 0 fully saturated rings. The Morgan fingerprint density at radius 1 is 1.00 bits per heavy atom. The monoisotopic (exact) mass is 156 g/mol. The quantitative estimate of drug-likeness (QED) is 0.401. The van der Waals surface area contributed by atoms with E-state index in [1.165, 1.54) is 38.5 Å². The third-order valence-corrected chi connectivity index (χ3v) is 1.87. The molecule has 0 rings (SSSR count). The van der Waals surface area contributed by atoms with Gasteiger partial charge in [-0.15, -0.1) is 0 Å². The minimum atomic E-state index is 1.05. The second-order valence-corrected chi connectivity index (χ2v) is 2.99. The van der Waals surface area contributed by atoms with Crippen molar-refractivity contribution in [2.75, 3.05) is 0 Å². The van der Waals surface area contributed by atoms with Gasteiger partial charge >= 0.3 is 66.2 Å². The van der Waals surface area contributed by atoms with Gasteiger partial charge < -0.3 is 0 Å². The van der Waals surface area contributed by atoms with Crippen LogP contribution in [0, 0.1) is 5.63 Å². The molecule has 0 aliphatic carbocycles. The van der Waals surface area contributed by atoms with Crippen LogP contribution in [-0.4, -0.2) is 0 Å². The van der Waals surface area contributed by atoms with Crippen LogP contribution in [0.1, 0.15) is 51.9 Å². The van der Waals surface area contributed by atoms with Crippen molar-refractivity contribution in [2.45, 2.75) is 51.9 Å². The Morgan fingerprint density at radius 3 is 2.20 bits per heavy atom. The molecule has 0 aliphatic heterocycles. The summed E-state index contributed by atoms with van der Waals surface area (Å²) in [4.78, 5) is 0. The average Bonchev–Trinajstić information content (AvgIpc) is 1.97. The summed E-state index contributed by atoms with van der Waals surface area (Å²) in [6.07, 6.45) is 9.21. The molecule has 0 spiro atoms. The number of unbranched alkanes of at least 4 members (excludes halogenated alkanes) is 6. The van der Waals surface area contributed by atoms with Crippen molar-refractivity contribution in [3.05, 3.63) is 0 Å². The van der Waals surface area contributed by atoms with Crippen LogP contribution in [-0.2, 0) is 0 Å². The molecule has 0 aromatic carbocycles. The van der Waals surface area contributed by atoms with Crippen molar-refractivity contribution >= 4 is 8.70 Å². The summed E-state index contributed by atoms with van der Waals surface area (Å²) in [6, 6.07) is 0. The molecule has 0 saturated heterocycles. The fraction of sp³-hybridized carbons (Fsp3) is 0.889. The van der Waals surface area contributed by atoms with Gasteiger partial charge in [-0.3, -0.25) is 0 Å². The van der Waals surface area contributed by atoms with Crippen molar-refractivity contribution in [1.29, 1.82) is 0 Å². The fourth-order valence-corrected chi connectivity index (χ4v) is 1.14. The van der Waals surface area contributed by atoms with Crippen LogP contribution in [0.15, 0.2) is 0 Å². The van der Waals surface area contributed by atoms with E-state index in [1.54, 1.807) is 0 Å². The molecular weight excluding hydrogens is 139 g/mol. The minimum absolute atomic E-state index is 1.05. The third-order valence-electron chi connectivity index (χ3n) is 1.64. The van der Waals surface area contributed by atoms with Gasteiger partial charge in [0, 0.05) is 0 Å². The van der Waals surface area contributed by atoms with Crippen LogP contribution in [0.3, 0.4) is 0 Å². The molecule has 0 aromatic heterocycles. The Morgan fingerprint density at radius 2 is 1.60 bits per heavy atom. The van der Waals surface area contributed by atoms with Gasteiger partial charge in [-0.2, -0.15) is 0 Å². The van der Waals surface area contributed by atoms with E-state index in [4.69, 9.17) is 0 Å². The summed E-state index contributed by atoms with van der Waals surface area (Å²) >= 11 is 0. The molecule has 0 heterocycles. The van der Waals surface area contributed by atoms with Gasteiger partial charge in [0.2, 0.25) is 0 Å². The number of rotatable bonds is 6. The Balaban J connectivity index is 2.72. The average molecular weight is 156 g/mol. The van der Waals surface area contributed by atoms with E-state index in [0.717, 1.165) is 6.42 Å². The fourth-order valence-electron chi connectivity index (χ4n) is 0.984. The first-order chi connectivity index (χ1) is 4.91. The van der Waals surface area contributed by atoms with Crippen molar-refractivity contribution in [3.63, 3.8) is 0 Å². The van der Waals surface area contributed by atoms with E-state index in [0.29, 0.717) is 0 Å². The number of hydrogen-bond donors (Lipinski definition) is 0. The van der Waals surface area contributed by atoms with Gasteiger partial charge in [0.05, 0.1) is 0 Å². The topological polar surface area (TPSA) is 0 Å². The van der Waals surface area contributed by atoms with Crippen LogP contribution in [0.2, 0.25) is 0 Å². The third kappa shape index (κ3) is 8.21. The number of hydrogen-bond acceptors (Lipinski definition) is 0. The first kappa shape index (κ1) is 10.2. The van der Waals surface area contributed by atoms with Gasteiger partial charge in [0.15, 0.2) is 0 Å². The molecule has 0 amide bonds. The van der Waals surface area contributed by atoms with Crippen molar-refractivity contribution in [2.24, 2.45) is 0 Å².